The maximum atomic E-state index is 2.45. The van der Waals surface area contributed by atoms with Gasteiger partial charge in [-0.15, -0.1) is 0 Å². The summed E-state index contributed by atoms with van der Waals surface area (Å²) in [6.45, 7) is 4.68. The van der Waals surface area contributed by atoms with Crippen molar-refractivity contribution in [2.45, 2.75) is 19.3 Å². The van der Waals surface area contributed by atoms with Crippen LogP contribution in [0.5, 0.6) is 0 Å². The second-order valence-electron chi connectivity index (χ2n) is 15.3. The fourth-order valence-corrected chi connectivity index (χ4v) is 8.88. The molecular weight excluding hydrogens is 675 g/mol. The minimum absolute atomic E-state index is 0.0141. The monoisotopic (exact) mass is 715 g/mol. The molecule has 0 aromatic heterocycles. The molecule has 0 heterocycles. The van der Waals surface area contributed by atoms with Gasteiger partial charge in [-0.2, -0.15) is 0 Å². The van der Waals surface area contributed by atoms with E-state index in [9.17, 15) is 0 Å². The second-order valence-corrected chi connectivity index (χ2v) is 15.3. The van der Waals surface area contributed by atoms with E-state index in [1.54, 1.807) is 0 Å². The van der Waals surface area contributed by atoms with E-state index < -0.39 is 0 Å². The van der Waals surface area contributed by atoms with Crippen LogP contribution in [0.2, 0.25) is 0 Å². The van der Waals surface area contributed by atoms with Gasteiger partial charge in [-0.05, 0) is 108 Å². The molecule has 56 heavy (non-hydrogen) atoms. The number of anilines is 3. The van der Waals surface area contributed by atoms with E-state index in [-0.39, 0.29) is 5.41 Å². The number of hydrogen-bond donors (Lipinski definition) is 0. The molecule has 1 heteroatoms. The zero-order valence-electron chi connectivity index (χ0n) is 31.7. The van der Waals surface area contributed by atoms with Crippen LogP contribution in [0, 0.1) is 0 Å². The number of rotatable bonds is 7. The van der Waals surface area contributed by atoms with E-state index in [0.29, 0.717) is 0 Å². The SMILES string of the molecule is CC1(C)c2ccccc2-c2cc(-c3ccc(N(c4ccc5ccccc5c4)c4cccc(-c5ccccc5)c4-c4ccccc4-c4ccccc4)cc3)ccc21. The van der Waals surface area contributed by atoms with Gasteiger partial charge in [-0.1, -0.05) is 190 Å². The highest BCUT2D eigenvalue weighted by Gasteiger charge is 2.35. The first kappa shape index (κ1) is 33.6. The Morgan fingerprint density at radius 2 is 0.875 bits per heavy atom. The summed E-state index contributed by atoms with van der Waals surface area (Å²) in [4.78, 5) is 2.45. The quantitative estimate of drug-likeness (QED) is 0.159. The predicted octanol–water partition coefficient (Wildman–Crippen LogP) is 15.3. The first-order chi connectivity index (χ1) is 27.5. The Labute approximate surface area is 329 Å². The van der Waals surface area contributed by atoms with E-state index in [2.05, 4.69) is 231 Å². The lowest BCUT2D eigenvalue weighted by atomic mass is 9.82. The topological polar surface area (TPSA) is 3.24 Å². The van der Waals surface area contributed by atoms with Crippen LogP contribution in [-0.4, -0.2) is 0 Å². The summed E-state index contributed by atoms with van der Waals surface area (Å²) >= 11 is 0. The number of hydrogen-bond acceptors (Lipinski definition) is 1. The maximum absolute atomic E-state index is 2.45. The second kappa shape index (κ2) is 13.7. The molecule has 10 rings (SSSR count). The van der Waals surface area contributed by atoms with Crippen LogP contribution in [0.25, 0.3) is 66.4 Å². The minimum Gasteiger partial charge on any atom is -0.310 e. The standard InChI is InChI=1S/C55H41N/c1-55(2)51-26-14-13-23-48(51)50-37-43(31-35-52(50)55)39-28-32-44(33-29-39)56(45-34-30-38-16-9-10-21-42(38)36-45)53-27-15-25-47(41-19-7-4-8-20-41)54(53)49-24-12-11-22-46(49)40-17-5-3-6-18-40/h3-37H,1-2H3. The molecule has 266 valence electrons. The van der Waals surface area contributed by atoms with Crippen molar-refractivity contribution in [2.24, 2.45) is 0 Å². The molecule has 0 aliphatic heterocycles. The van der Waals surface area contributed by atoms with Crippen LogP contribution in [0.4, 0.5) is 17.1 Å². The Hall–Kier alpha value is -6.96. The first-order valence-electron chi connectivity index (χ1n) is 19.5. The third-order valence-corrected chi connectivity index (χ3v) is 11.7. The van der Waals surface area contributed by atoms with Gasteiger partial charge in [0.2, 0.25) is 0 Å². The fraction of sp³-hybridized carbons (Fsp3) is 0.0545. The largest absolute Gasteiger partial charge is 0.310 e. The molecule has 0 N–H and O–H groups in total. The zero-order chi connectivity index (χ0) is 37.6. The maximum Gasteiger partial charge on any atom is 0.0546 e. The Kier molecular flexibility index (Phi) is 8.23. The van der Waals surface area contributed by atoms with Crippen molar-refractivity contribution in [1.82, 2.24) is 0 Å². The third-order valence-electron chi connectivity index (χ3n) is 11.7. The molecule has 9 aromatic rings. The van der Waals surface area contributed by atoms with Gasteiger partial charge in [-0.3, -0.25) is 0 Å². The summed E-state index contributed by atoms with van der Waals surface area (Å²) in [7, 11) is 0. The third kappa shape index (κ3) is 5.72. The summed E-state index contributed by atoms with van der Waals surface area (Å²) in [6, 6.07) is 77.7. The Morgan fingerprint density at radius 1 is 0.321 bits per heavy atom. The van der Waals surface area contributed by atoms with Gasteiger partial charge in [0.25, 0.3) is 0 Å². The smallest absolute Gasteiger partial charge is 0.0546 e. The normalized spacial score (nSPS) is 12.6. The fourth-order valence-electron chi connectivity index (χ4n) is 8.88. The predicted molar refractivity (Wildman–Crippen MR) is 238 cm³/mol. The molecule has 1 aliphatic carbocycles. The van der Waals surface area contributed by atoms with Crippen LogP contribution in [0.1, 0.15) is 25.0 Å². The van der Waals surface area contributed by atoms with Crippen LogP contribution in [-0.2, 0) is 5.41 Å². The number of fused-ring (bicyclic) bond motifs is 4. The van der Waals surface area contributed by atoms with E-state index in [1.807, 2.05) is 0 Å². The average molecular weight is 716 g/mol. The highest BCUT2D eigenvalue weighted by atomic mass is 15.1. The highest BCUT2D eigenvalue weighted by molar-refractivity contribution is 6.02. The van der Waals surface area contributed by atoms with Crippen LogP contribution in [0.3, 0.4) is 0 Å². The van der Waals surface area contributed by atoms with E-state index in [0.717, 1.165) is 17.1 Å². The van der Waals surface area contributed by atoms with Crippen molar-refractivity contribution in [3.05, 3.63) is 223 Å². The van der Waals surface area contributed by atoms with Gasteiger partial charge in [-0.25, -0.2) is 0 Å². The van der Waals surface area contributed by atoms with Gasteiger partial charge in [0, 0.05) is 22.4 Å². The van der Waals surface area contributed by atoms with Gasteiger partial charge >= 0.3 is 0 Å². The Morgan fingerprint density at radius 3 is 1.62 bits per heavy atom. The highest BCUT2D eigenvalue weighted by Crippen LogP contribution is 2.51. The first-order valence-corrected chi connectivity index (χ1v) is 19.5. The van der Waals surface area contributed by atoms with Crippen molar-refractivity contribution >= 4 is 27.8 Å². The Bertz CT molecular complexity index is 2870. The molecule has 0 unspecified atom stereocenters. The molecule has 0 spiro atoms. The summed E-state index contributed by atoms with van der Waals surface area (Å²) in [5.41, 5.74) is 18.4. The Balaban J connectivity index is 1.17. The van der Waals surface area contributed by atoms with Crippen molar-refractivity contribution < 1.29 is 0 Å². The van der Waals surface area contributed by atoms with Crippen molar-refractivity contribution in [3.63, 3.8) is 0 Å². The van der Waals surface area contributed by atoms with Crippen molar-refractivity contribution in [3.8, 4) is 55.6 Å². The lowest BCUT2D eigenvalue weighted by Gasteiger charge is -2.30. The lowest BCUT2D eigenvalue weighted by molar-refractivity contribution is 0.660. The summed E-state index contributed by atoms with van der Waals surface area (Å²) in [6.07, 6.45) is 0. The van der Waals surface area contributed by atoms with Gasteiger partial charge in [0.1, 0.15) is 0 Å². The number of benzene rings is 9. The molecule has 0 atom stereocenters. The minimum atomic E-state index is -0.0141. The van der Waals surface area contributed by atoms with E-state index in [4.69, 9.17) is 0 Å². The molecule has 1 aliphatic rings. The van der Waals surface area contributed by atoms with Crippen LogP contribution < -0.4 is 4.90 Å². The molecule has 0 saturated heterocycles. The molecule has 0 amide bonds. The van der Waals surface area contributed by atoms with E-state index >= 15 is 0 Å². The molecule has 0 bridgehead atoms. The molecule has 0 saturated carbocycles. The van der Waals surface area contributed by atoms with Crippen molar-refractivity contribution in [2.75, 3.05) is 4.90 Å². The lowest BCUT2D eigenvalue weighted by Crippen LogP contribution is -2.14. The van der Waals surface area contributed by atoms with Gasteiger partial charge < -0.3 is 4.90 Å². The molecule has 0 radical (unpaired) electrons. The summed E-state index contributed by atoms with van der Waals surface area (Å²) in [5, 5.41) is 2.43. The average Bonchev–Trinajstić information content (AvgIpc) is 3.49. The molecule has 0 fully saturated rings. The molecular formula is C55H41N. The van der Waals surface area contributed by atoms with Crippen LogP contribution >= 0.6 is 0 Å². The van der Waals surface area contributed by atoms with E-state index in [1.165, 1.54) is 77.5 Å². The zero-order valence-corrected chi connectivity index (χ0v) is 31.7. The molecule has 1 nitrogen and oxygen atoms in total. The molecule has 9 aromatic carbocycles. The summed E-state index contributed by atoms with van der Waals surface area (Å²) < 4.78 is 0. The van der Waals surface area contributed by atoms with Gasteiger partial charge in [0.15, 0.2) is 0 Å². The van der Waals surface area contributed by atoms with Crippen LogP contribution in [0.15, 0.2) is 212 Å². The van der Waals surface area contributed by atoms with Gasteiger partial charge in [0.05, 0.1) is 5.69 Å². The summed E-state index contributed by atoms with van der Waals surface area (Å²) in [5.74, 6) is 0. The van der Waals surface area contributed by atoms with Crippen molar-refractivity contribution in [1.29, 1.82) is 0 Å². The number of nitrogens with zero attached hydrogens (tertiary/aromatic N) is 1.